The second-order valence-corrected chi connectivity index (χ2v) is 7.08. The molecule has 0 aliphatic carbocycles. The number of fused-ring (bicyclic) bond motifs is 1. The van der Waals surface area contributed by atoms with Crippen LogP contribution in [0.2, 0.25) is 0 Å². The summed E-state index contributed by atoms with van der Waals surface area (Å²) in [6, 6.07) is 7.39. The van der Waals surface area contributed by atoms with Gasteiger partial charge >= 0.3 is 6.18 Å². The first kappa shape index (κ1) is 16.0. The van der Waals surface area contributed by atoms with Crippen LogP contribution >= 0.6 is 0 Å². The van der Waals surface area contributed by atoms with Gasteiger partial charge < -0.3 is 4.57 Å². The van der Waals surface area contributed by atoms with Crippen LogP contribution in [0.3, 0.4) is 0 Å². The monoisotopic (exact) mass is 345 g/mol. The molecule has 2 aromatic rings. The number of halogens is 3. The van der Waals surface area contributed by atoms with Crippen LogP contribution in [0, 0.1) is 0 Å². The van der Waals surface area contributed by atoms with Crippen molar-refractivity contribution in [3.05, 3.63) is 48.0 Å². The third kappa shape index (κ3) is 3.40. The van der Waals surface area contributed by atoms with E-state index in [1.807, 2.05) is 0 Å². The fraction of sp³-hybridized carbons (Fsp3) is 0.357. The Morgan fingerprint density at radius 1 is 1.22 bits per heavy atom. The lowest BCUT2D eigenvalue weighted by Gasteiger charge is -2.24. The van der Waals surface area contributed by atoms with Gasteiger partial charge in [0.05, 0.1) is 4.90 Å². The third-order valence-electron chi connectivity index (χ3n) is 3.66. The summed E-state index contributed by atoms with van der Waals surface area (Å²) in [5, 5.41) is 0. The fourth-order valence-corrected chi connectivity index (χ4v) is 3.85. The van der Waals surface area contributed by atoms with Crippen LogP contribution in [0.5, 0.6) is 0 Å². The Bertz CT molecular complexity index is 800. The van der Waals surface area contributed by atoms with Crippen molar-refractivity contribution in [2.75, 3.05) is 0 Å². The number of aryl methyl sites for hydroxylation is 1. The molecule has 23 heavy (non-hydrogen) atoms. The number of imidazole rings is 1. The molecule has 2 heterocycles. The van der Waals surface area contributed by atoms with Crippen LogP contribution in [0.4, 0.5) is 13.2 Å². The number of hydrogen-bond donors (Lipinski definition) is 1. The zero-order chi connectivity index (χ0) is 16.7. The van der Waals surface area contributed by atoms with Gasteiger partial charge in [-0.2, -0.15) is 13.2 Å². The normalized spacial score (nSPS) is 18.7. The predicted octanol–water partition coefficient (Wildman–Crippen LogP) is 2.20. The van der Waals surface area contributed by atoms with Gasteiger partial charge in [0.15, 0.2) is 5.69 Å². The molecule has 9 heteroatoms. The van der Waals surface area contributed by atoms with Gasteiger partial charge in [-0.3, -0.25) is 0 Å². The van der Waals surface area contributed by atoms with Crippen molar-refractivity contribution in [1.82, 2.24) is 14.3 Å². The van der Waals surface area contributed by atoms with Crippen LogP contribution in [-0.4, -0.2) is 24.0 Å². The Balaban J connectivity index is 1.76. The number of sulfonamides is 1. The van der Waals surface area contributed by atoms with Gasteiger partial charge in [-0.25, -0.2) is 18.1 Å². The smallest absolute Gasteiger partial charge is 0.333 e. The molecule has 1 aromatic carbocycles. The van der Waals surface area contributed by atoms with E-state index in [-0.39, 0.29) is 17.9 Å². The molecule has 0 radical (unpaired) electrons. The fourth-order valence-electron chi connectivity index (χ4n) is 2.56. The van der Waals surface area contributed by atoms with Gasteiger partial charge in [-0.1, -0.05) is 18.2 Å². The molecule has 0 spiro atoms. The first-order chi connectivity index (χ1) is 10.8. The van der Waals surface area contributed by atoms with Crippen molar-refractivity contribution in [1.29, 1.82) is 0 Å². The minimum absolute atomic E-state index is 0.129. The predicted molar refractivity (Wildman–Crippen MR) is 76.1 cm³/mol. The summed E-state index contributed by atoms with van der Waals surface area (Å²) in [7, 11) is -3.69. The van der Waals surface area contributed by atoms with Crippen molar-refractivity contribution < 1.29 is 21.6 Å². The standard InChI is InChI=1S/C14H14F3N3O2S/c15-14(16,17)12-9-20-8-10(6-7-13(20)18-12)19-23(21,22)11-4-2-1-3-5-11/h1-5,9-10,19H,6-8H2. The summed E-state index contributed by atoms with van der Waals surface area (Å²) in [4.78, 5) is 3.70. The molecule has 0 fully saturated rings. The Hall–Kier alpha value is -1.87. The number of aromatic nitrogens is 2. The SMILES string of the molecule is O=S(=O)(NC1CCc2nc(C(F)(F)F)cn2C1)c1ccccc1. The molecule has 5 nitrogen and oxygen atoms in total. The van der Waals surface area contributed by atoms with Crippen molar-refractivity contribution in [2.24, 2.45) is 0 Å². The average Bonchev–Trinajstić information content (AvgIpc) is 2.91. The van der Waals surface area contributed by atoms with Crippen LogP contribution < -0.4 is 4.72 Å². The van der Waals surface area contributed by atoms with Crippen molar-refractivity contribution in [3.63, 3.8) is 0 Å². The van der Waals surface area contributed by atoms with Gasteiger partial charge in [0, 0.05) is 25.2 Å². The lowest BCUT2D eigenvalue weighted by molar-refractivity contribution is -0.141. The van der Waals surface area contributed by atoms with Crippen molar-refractivity contribution >= 4 is 10.0 Å². The van der Waals surface area contributed by atoms with Crippen LogP contribution in [0.1, 0.15) is 17.9 Å². The molecule has 1 aliphatic heterocycles. The number of nitrogens with zero attached hydrogens (tertiary/aromatic N) is 2. The quantitative estimate of drug-likeness (QED) is 0.928. The minimum Gasteiger partial charge on any atom is -0.333 e. The summed E-state index contributed by atoms with van der Waals surface area (Å²) < 4.78 is 66.5. The molecule has 124 valence electrons. The maximum absolute atomic E-state index is 12.7. The molecule has 1 unspecified atom stereocenters. The summed E-state index contributed by atoms with van der Waals surface area (Å²) in [5.41, 5.74) is -0.945. The lowest BCUT2D eigenvalue weighted by Crippen LogP contribution is -2.40. The maximum atomic E-state index is 12.7. The highest BCUT2D eigenvalue weighted by Crippen LogP contribution is 2.30. The maximum Gasteiger partial charge on any atom is 0.434 e. The molecular weight excluding hydrogens is 331 g/mol. The lowest BCUT2D eigenvalue weighted by atomic mass is 10.1. The highest BCUT2D eigenvalue weighted by atomic mass is 32.2. The van der Waals surface area contributed by atoms with Gasteiger partial charge in [0.1, 0.15) is 5.82 Å². The van der Waals surface area contributed by atoms with E-state index in [0.29, 0.717) is 12.2 Å². The second-order valence-electron chi connectivity index (χ2n) is 5.36. The molecule has 1 atom stereocenters. The van der Waals surface area contributed by atoms with Crippen LogP contribution in [0.25, 0.3) is 0 Å². The third-order valence-corrected chi connectivity index (χ3v) is 5.19. The molecule has 0 bridgehead atoms. The van der Waals surface area contributed by atoms with Crippen LogP contribution in [-0.2, 0) is 29.2 Å². The molecule has 0 amide bonds. The molecule has 0 saturated carbocycles. The van der Waals surface area contributed by atoms with E-state index in [4.69, 9.17) is 0 Å². The van der Waals surface area contributed by atoms with E-state index in [1.165, 1.54) is 16.7 Å². The Kier molecular flexibility index (Phi) is 3.93. The molecule has 0 saturated heterocycles. The minimum atomic E-state index is -4.50. The molecule has 1 aromatic heterocycles. The molecule has 3 rings (SSSR count). The first-order valence-electron chi connectivity index (χ1n) is 6.96. The first-order valence-corrected chi connectivity index (χ1v) is 8.45. The van der Waals surface area contributed by atoms with Gasteiger partial charge in [0.2, 0.25) is 10.0 Å². The second kappa shape index (κ2) is 5.64. The number of hydrogen-bond acceptors (Lipinski definition) is 3. The number of rotatable bonds is 3. The average molecular weight is 345 g/mol. The summed E-state index contributed by atoms with van der Waals surface area (Å²) in [5.74, 6) is 0.326. The number of nitrogens with one attached hydrogen (secondary N) is 1. The van der Waals surface area contributed by atoms with Gasteiger partial charge in [-0.05, 0) is 18.6 Å². The molecule has 1 aliphatic rings. The highest BCUT2D eigenvalue weighted by molar-refractivity contribution is 7.89. The number of alkyl halides is 3. The van der Waals surface area contributed by atoms with E-state index in [2.05, 4.69) is 9.71 Å². The Labute approximate surface area is 131 Å². The zero-order valence-corrected chi connectivity index (χ0v) is 12.7. The van der Waals surface area contributed by atoms with E-state index >= 15 is 0 Å². The Morgan fingerprint density at radius 3 is 2.57 bits per heavy atom. The molecular formula is C14H14F3N3O2S. The van der Waals surface area contributed by atoms with Crippen molar-refractivity contribution in [3.8, 4) is 0 Å². The Morgan fingerprint density at radius 2 is 1.91 bits per heavy atom. The zero-order valence-electron chi connectivity index (χ0n) is 11.9. The van der Waals surface area contributed by atoms with E-state index in [1.54, 1.807) is 18.2 Å². The summed E-state index contributed by atoms with van der Waals surface area (Å²) >= 11 is 0. The molecule has 1 N–H and O–H groups in total. The number of benzene rings is 1. The van der Waals surface area contributed by atoms with Gasteiger partial charge in [0.25, 0.3) is 0 Å². The topological polar surface area (TPSA) is 64.0 Å². The van der Waals surface area contributed by atoms with Gasteiger partial charge in [-0.15, -0.1) is 0 Å². The van der Waals surface area contributed by atoms with E-state index < -0.39 is 27.9 Å². The van der Waals surface area contributed by atoms with E-state index in [9.17, 15) is 21.6 Å². The van der Waals surface area contributed by atoms with Crippen LogP contribution in [0.15, 0.2) is 41.4 Å². The largest absolute Gasteiger partial charge is 0.434 e. The summed E-state index contributed by atoms with van der Waals surface area (Å²) in [6.07, 6.45) is -2.87. The van der Waals surface area contributed by atoms with Crippen molar-refractivity contribution in [2.45, 2.75) is 36.5 Å². The van der Waals surface area contributed by atoms with E-state index in [0.717, 1.165) is 6.20 Å². The highest BCUT2D eigenvalue weighted by Gasteiger charge is 2.36. The summed E-state index contributed by atoms with van der Waals surface area (Å²) in [6.45, 7) is 0.129.